The Morgan fingerprint density at radius 3 is 2.68 bits per heavy atom. The van der Waals surface area contributed by atoms with Crippen LogP contribution in [0.3, 0.4) is 0 Å². The molecular formula is C14H23FN4. The number of halogens is 1. The zero-order chi connectivity index (χ0) is 13.9. The maximum absolute atomic E-state index is 14.2. The van der Waals surface area contributed by atoms with Crippen molar-refractivity contribution < 1.29 is 4.39 Å². The summed E-state index contributed by atoms with van der Waals surface area (Å²) in [5.74, 6) is 0.686. The first-order chi connectivity index (χ1) is 9.10. The number of aromatic nitrogens is 2. The predicted octanol–water partition coefficient (Wildman–Crippen LogP) is 2.50. The van der Waals surface area contributed by atoms with E-state index in [-0.39, 0.29) is 11.4 Å². The molecule has 106 valence electrons. The molecule has 1 saturated carbocycles. The van der Waals surface area contributed by atoms with Gasteiger partial charge in [-0.2, -0.15) is 0 Å². The summed E-state index contributed by atoms with van der Waals surface area (Å²) in [7, 11) is 0. The minimum Gasteiger partial charge on any atom is -0.361 e. The van der Waals surface area contributed by atoms with Crippen molar-refractivity contribution in [1.29, 1.82) is 0 Å². The van der Waals surface area contributed by atoms with Crippen LogP contribution in [0, 0.1) is 11.7 Å². The van der Waals surface area contributed by atoms with Crippen LogP contribution in [0.4, 0.5) is 10.2 Å². The Morgan fingerprint density at radius 2 is 2.11 bits per heavy atom. The largest absolute Gasteiger partial charge is 0.361 e. The van der Waals surface area contributed by atoms with E-state index in [0.717, 1.165) is 31.6 Å². The van der Waals surface area contributed by atoms with Crippen LogP contribution in [-0.2, 0) is 6.42 Å². The monoisotopic (exact) mass is 266 g/mol. The molecule has 1 fully saturated rings. The van der Waals surface area contributed by atoms with Crippen LogP contribution in [-0.4, -0.2) is 22.1 Å². The van der Waals surface area contributed by atoms with E-state index in [0.29, 0.717) is 24.5 Å². The van der Waals surface area contributed by atoms with Crippen molar-refractivity contribution in [3.8, 4) is 0 Å². The smallest absolute Gasteiger partial charge is 0.186 e. The summed E-state index contributed by atoms with van der Waals surface area (Å²) in [5, 5.41) is 3.26. The molecule has 0 spiro atoms. The van der Waals surface area contributed by atoms with Crippen LogP contribution < -0.4 is 11.1 Å². The number of aryl methyl sites for hydroxylation is 1. The molecule has 2 rings (SSSR count). The van der Waals surface area contributed by atoms with Gasteiger partial charge in [0.15, 0.2) is 11.6 Å². The third-order valence-electron chi connectivity index (χ3n) is 4.20. The summed E-state index contributed by atoms with van der Waals surface area (Å²) in [4.78, 5) is 7.99. The van der Waals surface area contributed by atoms with Gasteiger partial charge in [0.05, 0.1) is 11.2 Å². The average molecular weight is 266 g/mol. The third-order valence-corrected chi connectivity index (χ3v) is 4.20. The molecule has 1 aromatic rings. The molecule has 0 saturated heterocycles. The van der Waals surface area contributed by atoms with Crippen LogP contribution >= 0.6 is 0 Å². The summed E-state index contributed by atoms with van der Waals surface area (Å²) in [6.07, 6.45) is 6.16. The molecule has 4 nitrogen and oxygen atoms in total. The fraction of sp³-hybridized carbons (Fsp3) is 0.714. The highest BCUT2D eigenvalue weighted by Gasteiger charge is 2.34. The van der Waals surface area contributed by atoms with Crippen molar-refractivity contribution in [3.05, 3.63) is 17.8 Å². The molecule has 1 aliphatic rings. The van der Waals surface area contributed by atoms with E-state index in [1.165, 1.54) is 6.33 Å². The van der Waals surface area contributed by atoms with Gasteiger partial charge in [-0.25, -0.2) is 14.4 Å². The maximum Gasteiger partial charge on any atom is 0.186 e. The molecule has 0 atom stereocenters. The first kappa shape index (κ1) is 14.2. The van der Waals surface area contributed by atoms with Crippen LogP contribution in [0.15, 0.2) is 6.33 Å². The molecule has 0 bridgehead atoms. The second-order valence-corrected chi connectivity index (χ2v) is 5.63. The molecule has 1 aromatic heterocycles. The number of hydrogen-bond donors (Lipinski definition) is 2. The van der Waals surface area contributed by atoms with Crippen LogP contribution in [0.25, 0.3) is 0 Å². The molecule has 0 unspecified atom stereocenters. The van der Waals surface area contributed by atoms with Crippen LogP contribution in [0.5, 0.6) is 0 Å². The van der Waals surface area contributed by atoms with Crippen molar-refractivity contribution in [3.63, 3.8) is 0 Å². The molecule has 0 aromatic carbocycles. The van der Waals surface area contributed by atoms with Crippen molar-refractivity contribution in [1.82, 2.24) is 9.97 Å². The molecule has 0 amide bonds. The number of hydrogen-bond acceptors (Lipinski definition) is 4. The number of rotatable bonds is 4. The topological polar surface area (TPSA) is 63.8 Å². The van der Waals surface area contributed by atoms with Gasteiger partial charge in [0, 0.05) is 6.54 Å². The molecule has 19 heavy (non-hydrogen) atoms. The first-order valence-corrected chi connectivity index (χ1v) is 7.08. The fourth-order valence-electron chi connectivity index (χ4n) is 2.69. The van der Waals surface area contributed by atoms with Crippen LogP contribution in [0.1, 0.15) is 45.2 Å². The van der Waals surface area contributed by atoms with Gasteiger partial charge in [0.25, 0.3) is 0 Å². The summed E-state index contributed by atoms with van der Waals surface area (Å²) in [6.45, 7) is 4.64. The van der Waals surface area contributed by atoms with Crippen molar-refractivity contribution in [2.24, 2.45) is 11.7 Å². The van der Waals surface area contributed by atoms with E-state index in [9.17, 15) is 4.39 Å². The van der Waals surface area contributed by atoms with Gasteiger partial charge in [-0.3, -0.25) is 0 Å². The van der Waals surface area contributed by atoms with E-state index < -0.39 is 0 Å². The first-order valence-electron chi connectivity index (χ1n) is 7.08. The highest BCUT2D eigenvalue weighted by Crippen LogP contribution is 2.34. The van der Waals surface area contributed by atoms with E-state index in [1.54, 1.807) is 0 Å². The van der Waals surface area contributed by atoms with Gasteiger partial charge < -0.3 is 11.1 Å². The summed E-state index contributed by atoms with van der Waals surface area (Å²) in [5.41, 5.74) is 6.16. The van der Waals surface area contributed by atoms with E-state index >= 15 is 0 Å². The lowest BCUT2D eigenvalue weighted by molar-refractivity contribution is 0.270. The Labute approximate surface area is 114 Å². The van der Waals surface area contributed by atoms with Crippen molar-refractivity contribution >= 4 is 5.82 Å². The molecule has 0 radical (unpaired) electrons. The van der Waals surface area contributed by atoms with Crippen LogP contribution in [0.2, 0.25) is 0 Å². The lowest BCUT2D eigenvalue weighted by Gasteiger charge is -2.39. The fourth-order valence-corrected chi connectivity index (χ4v) is 2.69. The Balaban J connectivity index is 2.19. The number of anilines is 1. The zero-order valence-electron chi connectivity index (χ0n) is 11.7. The SMILES string of the molecule is CCc1ncnc(NC2(CN)CCC(C)CC2)c1F. The highest BCUT2D eigenvalue weighted by atomic mass is 19.1. The molecule has 1 aliphatic carbocycles. The van der Waals surface area contributed by atoms with Gasteiger partial charge in [0.1, 0.15) is 6.33 Å². The Hall–Kier alpha value is -1.23. The van der Waals surface area contributed by atoms with E-state index in [4.69, 9.17) is 5.73 Å². The minimum absolute atomic E-state index is 0.216. The molecular weight excluding hydrogens is 243 g/mol. The van der Waals surface area contributed by atoms with Crippen molar-refractivity contribution in [2.45, 2.75) is 51.5 Å². The Kier molecular flexibility index (Phi) is 4.34. The normalized spacial score (nSPS) is 27.3. The summed E-state index contributed by atoms with van der Waals surface area (Å²) in [6, 6.07) is 0. The maximum atomic E-state index is 14.2. The number of nitrogens with one attached hydrogen (secondary N) is 1. The molecule has 1 heterocycles. The lowest BCUT2D eigenvalue weighted by Crippen LogP contribution is -2.48. The Bertz CT molecular complexity index is 427. The van der Waals surface area contributed by atoms with Crippen molar-refractivity contribution in [2.75, 3.05) is 11.9 Å². The van der Waals surface area contributed by atoms with Gasteiger partial charge in [-0.15, -0.1) is 0 Å². The quantitative estimate of drug-likeness (QED) is 0.879. The standard InChI is InChI=1S/C14H23FN4/c1-3-11-12(15)13(18-9-17-11)19-14(8-16)6-4-10(2)5-7-14/h9-10H,3-8,16H2,1-2H3,(H,17,18,19). The van der Waals surface area contributed by atoms with E-state index in [1.807, 2.05) is 6.92 Å². The van der Waals surface area contributed by atoms with E-state index in [2.05, 4.69) is 22.2 Å². The molecule has 5 heteroatoms. The lowest BCUT2D eigenvalue weighted by atomic mass is 9.77. The minimum atomic E-state index is -0.337. The second-order valence-electron chi connectivity index (χ2n) is 5.63. The third kappa shape index (κ3) is 3.03. The Morgan fingerprint density at radius 1 is 1.42 bits per heavy atom. The average Bonchev–Trinajstić information content (AvgIpc) is 2.44. The highest BCUT2D eigenvalue weighted by molar-refractivity contribution is 5.40. The molecule has 0 aliphatic heterocycles. The van der Waals surface area contributed by atoms with Gasteiger partial charge in [-0.1, -0.05) is 13.8 Å². The zero-order valence-corrected chi connectivity index (χ0v) is 11.7. The predicted molar refractivity (Wildman–Crippen MR) is 74.4 cm³/mol. The number of nitrogens with two attached hydrogens (primary N) is 1. The summed E-state index contributed by atoms with van der Waals surface area (Å²) >= 11 is 0. The number of nitrogens with zero attached hydrogens (tertiary/aromatic N) is 2. The van der Waals surface area contributed by atoms with Gasteiger partial charge in [-0.05, 0) is 38.0 Å². The van der Waals surface area contributed by atoms with Gasteiger partial charge >= 0.3 is 0 Å². The second kappa shape index (κ2) is 5.82. The summed E-state index contributed by atoms with van der Waals surface area (Å²) < 4.78 is 14.2. The van der Waals surface area contributed by atoms with Gasteiger partial charge in [0.2, 0.25) is 0 Å². The molecule has 3 N–H and O–H groups in total.